The van der Waals surface area contributed by atoms with Crippen LogP contribution in [0.2, 0.25) is 0 Å². The molecular weight excluding hydrogens is 226 g/mol. The van der Waals surface area contributed by atoms with Gasteiger partial charge in [0.2, 0.25) is 0 Å². The number of benzene rings is 2. The summed E-state index contributed by atoms with van der Waals surface area (Å²) in [5.41, 5.74) is 7.94. The van der Waals surface area contributed by atoms with Crippen molar-refractivity contribution >= 4 is 17.4 Å². The van der Waals surface area contributed by atoms with Crippen LogP contribution in [-0.4, -0.2) is 5.75 Å². The number of nitrogens with two attached hydrogens (primary N) is 1. The number of anilines is 1. The quantitative estimate of drug-likeness (QED) is 0.488. The molecule has 0 saturated heterocycles. The predicted molar refractivity (Wildman–Crippen MR) is 76.3 cm³/mol. The van der Waals surface area contributed by atoms with Crippen LogP contribution in [0, 0.1) is 0 Å². The Morgan fingerprint density at radius 1 is 0.941 bits per heavy atom. The number of thioether (sulfide) groups is 1. The summed E-state index contributed by atoms with van der Waals surface area (Å²) in [6.07, 6.45) is 2.29. The molecule has 0 aliphatic carbocycles. The van der Waals surface area contributed by atoms with Gasteiger partial charge in [-0.15, -0.1) is 11.8 Å². The molecule has 0 amide bonds. The maximum Gasteiger partial charge on any atom is 0.0316 e. The zero-order valence-electron chi connectivity index (χ0n) is 9.80. The van der Waals surface area contributed by atoms with Crippen molar-refractivity contribution in [3.05, 3.63) is 60.2 Å². The standard InChI is InChI=1S/C15H17NS/c16-14-8-4-6-13(12-14)7-5-11-17-15-9-2-1-3-10-15/h1-4,6,8-10,12H,5,7,11,16H2. The molecule has 0 unspecified atom stereocenters. The van der Waals surface area contributed by atoms with Gasteiger partial charge >= 0.3 is 0 Å². The summed E-state index contributed by atoms with van der Waals surface area (Å²) in [6.45, 7) is 0. The third-order valence-corrected chi connectivity index (χ3v) is 3.67. The molecule has 0 aliphatic heterocycles. The molecule has 0 saturated carbocycles. The first-order valence-corrected chi connectivity index (χ1v) is 6.85. The molecule has 0 aliphatic rings. The maximum atomic E-state index is 5.75. The lowest BCUT2D eigenvalue weighted by Gasteiger charge is -2.03. The Bertz CT molecular complexity index is 453. The molecule has 0 spiro atoms. The minimum atomic E-state index is 0.859. The van der Waals surface area contributed by atoms with E-state index < -0.39 is 0 Å². The van der Waals surface area contributed by atoms with Gasteiger partial charge in [-0.2, -0.15) is 0 Å². The van der Waals surface area contributed by atoms with Gasteiger partial charge in [0.05, 0.1) is 0 Å². The molecule has 2 aromatic rings. The van der Waals surface area contributed by atoms with Crippen molar-refractivity contribution in [2.75, 3.05) is 11.5 Å². The van der Waals surface area contributed by atoms with Crippen molar-refractivity contribution in [3.8, 4) is 0 Å². The first kappa shape index (κ1) is 12.1. The summed E-state index contributed by atoms with van der Waals surface area (Å²) in [5, 5.41) is 0. The molecule has 0 bridgehead atoms. The maximum absolute atomic E-state index is 5.75. The zero-order valence-corrected chi connectivity index (χ0v) is 10.6. The average Bonchev–Trinajstić information content (AvgIpc) is 2.36. The van der Waals surface area contributed by atoms with Crippen molar-refractivity contribution in [1.29, 1.82) is 0 Å². The van der Waals surface area contributed by atoms with E-state index >= 15 is 0 Å². The fraction of sp³-hybridized carbons (Fsp3) is 0.200. The Morgan fingerprint density at radius 3 is 2.53 bits per heavy atom. The highest BCUT2D eigenvalue weighted by molar-refractivity contribution is 7.99. The molecule has 0 atom stereocenters. The van der Waals surface area contributed by atoms with Crippen molar-refractivity contribution in [3.63, 3.8) is 0 Å². The van der Waals surface area contributed by atoms with Crippen LogP contribution in [0.3, 0.4) is 0 Å². The Hall–Kier alpha value is -1.41. The lowest BCUT2D eigenvalue weighted by Crippen LogP contribution is -1.90. The van der Waals surface area contributed by atoms with Crippen LogP contribution < -0.4 is 5.73 Å². The SMILES string of the molecule is Nc1cccc(CCCSc2ccccc2)c1. The number of hydrogen-bond acceptors (Lipinski definition) is 2. The highest BCUT2D eigenvalue weighted by Crippen LogP contribution is 2.19. The van der Waals surface area contributed by atoms with Crippen LogP contribution in [0.15, 0.2) is 59.5 Å². The van der Waals surface area contributed by atoms with Gasteiger partial charge < -0.3 is 5.73 Å². The van der Waals surface area contributed by atoms with Gasteiger partial charge in [-0.3, -0.25) is 0 Å². The van der Waals surface area contributed by atoms with Crippen molar-refractivity contribution in [2.24, 2.45) is 0 Å². The topological polar surface area (TPSA) is 26.0 Å². The lowest BCUT2D eigenvalue weighted by molar-refractivity contribution is 0.933. The second-order valence-electron chi connectivity index (χ2n) is 4.01. The van der Waals surface area contributed by atoms with Crippen LogP contribution in [-0.2, 0) is 6.42 Å². The Labute approximate surface area is 107 Å². The molecule has 17 heavy (non-hydrogen) atoms. The monoisotopic (exact) mass is 243 g/mol. The van der Waals surface area contributed by atoms with E-state index in [2.05, 4.69) is 42.5 Å². The summed E-state index contributed by atoms with van der Waals surface area (Å²) >= 11 is 1.91. The molecule has 0 radical (unpaired) electrons. The number of hydrogen-bond donors (Lipinski definition) is 1. The summed E-state index contributed by atoms with van der Waals surface area (Å²) < 4.78 is 0. The largest absolute Gasteiger partial charge is 0.399 e. The van der Waals surface area contributed by atoms with Gasteiger partial charge in [0.15, 0.2) is 0 Å². The third-order valence-electron chi connectivity index (χ3n) is 2.57. The van der Waals surface area contributed by atoms with Gasteiger partial charge in [0.25, 0.3) is 0 Å². The first-order chi connectivity index (χ1) is 8.34. The van der Waals surface area contributed by atoms with Gasteiger partial charge in [-0.05, 0) is 48.4 Å². The molecule has 0 fully saturated rings. The van der Waals surface area contributed by atoms with E-state index in [-0.39, 0.29) is 0 Å². The molecule has 2 rings (SSSR count). The molecule has 88 valence electrons. The Kier molecular flexibility index (Phi) is 4.51. The summed E-state index contributed by atoms with van der Waals surface area (Å²) in [7, 11) is 0. The summed E-state index contributed by atoms with van der Waals surface area (Å²) in [4.78, 5) is 1.35. The fourth-order valence-electron chi connectivity index (χ4n) is 1.73. The molecule has 2 N–H and O–H groups in total. The second-order valence-corrected chi connectivity index (χ2v) is 5.18. The van der Waals surface area contributed by atoms with Crippen LogP contribution in [0.4, 0.5) is 5.69 Å². The molecule has 2 heteroatoms. The van der Waals surface area contributed by atoms with E-state index in [1.54, 1.807) is 0 Å². The van der Waals surface area contributed by atoms with E-state index in [1.807, 2.05) is 23.9 Å². The molecule has 0 aromatic heterocycles. The van der Waals surface area contributed by atoms with E-state index in [0.29, 0.717) is 0 Å². The van der Waals surface area contributed by atoms with Crippen molar-refractivity contribution < 1.29 is 0 Å². The van der Waals surface area contributed by atoms with Gasteiger partial charge in [-0.1, -0.05) is 30.3 Å². The van der Waals surface area contributed by atoms with Crippen molar-refractivity contribution in [2.45, 2.75) is 17.7 Å². The highest BCUT2D eigenvalue weighted by Gasteiger charge is 1.96. The van der Waals surface area contributed by atoms with Crippen LogP contribution in [0.25, 0.3) is 0 Å². The third kappa shape index (κ3) is 4.16. The smallest absolute Gasteiger partial charge is 0.0316 e. The van der Waals surface area contributed by atoms with E-state index in [1.165, 1.54) is 16.9 Å². The minimum absolute atomic E-state index is 0.859. The summed E-state index contributed by atoms with van der Waals surface area (Å²) in [5.74, 6) is 1.15. The summed E-state index contributed by atoms with van der Waals surface area (Å²) in [6, 6.07) is 18.7. The number of rotatable bonds is 5. The van der Waals surface area contributed by atoms with E-state index in [0.717, 1.165) is 17.9 Å². The van der Waals surface area contributed by atoms with E-state index in [9.17, 15) is 0 Å². The molecule has 2 aromatic carbocycles. The van der Waals surface area contributed by atoms with E-state index in [4.69, 9.17) is 5.73 Å². The number of nitrogen functional groups attached to an aromatic ring is 1. The molecular formula is C15H17NS. The van der Waals surface area contributed by atoms with Crippen LogP contribution in [0.1, 0.15) is 12.0 Å². The Morgan fingerprint density at radius 2 is 1.76 bits per heavy atom. The van der Waals surface area contributed by atoms with Crippen molar-refractivity contribution in [1.82, 2.24) is 0 Å². The minimum Gasteiger partial charge on any atom is -0.399 e. The average molecular weight is 243 g/mol. The first-order valence-electron chi connectivity index (χ1n) is 5.87. The molecule has 0 heterocycles. The normalized spacial score (nSPS) is 10.4. The number of aryl methyl sites for hydroxylation is 1. The van der Waals surface area contributed by atoms with Gasteiger partial charge in [0.1, 0.15) is 0 Å². The lowest BCUT2D eigenvalue weighted by atomic mass is 10.1. The molecule has 1 nitrogen and oxygen atoms in total. The van der Waals surface area contributed by atoms with Crippen LogP contribution in [0.5, 0.6) is 0 Å². The second kappa shape index (κ2) is 6.36. The van der Waals surface area contributed by atoms with Gasteiger partial charge in [0, 0.05) is 10.6 Å². The highest BCUT2D eigenvalue weighted by atomic mass is 32.2. The van der Waals surface area contributed by atoms with Gasteiger partial charge in [-0.25, -0.2) is 0 Å². The fourth-order valence-corrected chi connectivity index (χ4v) is 2.61. The zero-order chi connectivity index (χ0) is 11.9. The predicted octanol–water partition coefficient (Wildman–Crippen LogP) is 3.99. The Balaban J connectivity index is 1.73. The van der Waals surface area contributed by atoms with Crippen LogP contribution >= 0.6 is 11.8 Å².